The molecule has 0 atom stereocenters. The molecule has 250 valence electrons. The van der Waals surface area contributed by atoms with Crippen molar-refractivity contribution in [3.05, 3.63) is 81.7 Å². The molecule has 46 heavy (non-hydrogen) atoms. The van der Waals surface area contributed by atoms with Crippen LogP contribution in [0.3, 0.4) is 0 Å². The van der Waals surface area contributed by atoms with Gasteiger partial charge in [-0.3, -0.25) is 14.5 Å². The van der Waals surface area contributed by atoms with Gasteiger partial charge >= 0.3 is 0 Å². The summed E-state index contributed by atoms with van der Waals surface area (Å²) in [4.78, 5) is 33.2. The van der Waals surface area contributed by atoms with Crippen molar-refractivity contribution in [3.63, 3.8) is 0 Å². The summed E-state index contributed by atoms with van der Waals surface area (Å²) < 4.78 is 28.5. The van der Waals surface area contributed by atoms with Crippen molar-refractivity contribution in [1.29, 1.82) is 0 Å². The van der Waals surface area contributed by atoms with E-state index in [0.717, 1.165) is 42.8 Å². The lowest BCUT2D eigenvalue weighted by Crippen LogP contribution is -2.37. The van der Waals surface area contributed by atoms with E-state index in [1.165, 1.54) is 33.3 Å². The van der Waals surface area contributed by atoms with Gasteiger partial charge in [0.05, 0.1) is 10.5 Å². The third-order valence-corrected chi connectivity index (χ3v) is 11.0. The van der Waals surface area contributed by atoms with Crippen LogP contribution in [0, 0.1) is 11.8 Å². The predicted octanol–water partition coefficient (Wildman–Crippen LogP) is 7.12. The maximum atomic E-state index is 14.0. The van der Waals surface area contributed by atoms with Crippen LogP contribution in [0.4, 0.5) is 5.00 Å². The fraction of sp³-hybridized carbons (Fsp3) is 0.500. The van der Waals surface area contributed by atoms with E-state index in [1.54, 1.807) is 12.1 Å². The first kappa shape index (κ1) is 35.8. The second-order valence-corrected chi connectivity index (χ2v) is 16.1. The summed E-state index contributed by atoms with van der Waals surface area (Å²) in [5.41, 5.74) is 3.22. The molecule has 0 fully saturated rings. The van der Waals surface area contributed by atoms with Crippen LogP contribution in [0.25, 0.3) is 0 Å². The largest absolute Gasteiger partial charge is 0.339 e. The van der Waals surface area contributed by atoms with E-state index in [0.29, 0.717) is 48.9 Å². The first-order valence-electron chi connectivity index (χ1n) is 16.6. The molecule has 1 aromatic heterocycles. The van der Waals surface area contributed by atoms with Crippen LogP contribution < -0.4 is 5.32 Å². The third kappa shape index (κ3) is 8.85. The van der Waals surface area contributed by atoms with Gasteiger partial charge in [0.2, 0.25) is 10.0 Å². The maximum absolute atomic E-state index is 14.0. The zero-order valence-electron chi connectivity index (χ0n) is 28.2. The van der Waals surface area contributed by atoms with Gasteiger partial charge in [0.1, 0.15) is 5.00 Å². The Hall–Kier alpha value is -3.05. The molecule has 1 aliphatic rings. The summed E-state index contributed by atoms with van der Waals surface area (Å²) in [6.07, 6.45) is 2.44. The zero-order valence-corrected chi connectivity index (χ0v) is 29.8. The van der Waals surface area contributed by atoms with Gasteiger partial charge in [-0.05, 0) is 66.5 Å². The molecule has 0 unspecified atom stereocenters. The summed E-state index contributed by atoms with van der Waals surface area (Å²) in [5.74, 6) is -0.0347. The molecule has 0 bridgehead atoms. The highest BCUT2D eigenvalue weighted by Crippen LogP contribution is 2.39. The number of hydrogen-bond donors (Lipinski definition) is 1. The normalized spacial score (nSPS) is 13.8. The molecule has 0 aliphatic carbocycles. The number of carbonyl (C=O) groups is 2. The summed E-state index contributed by atoms with van der Waals surface area (Å²) in [5, 5.41) is 3.62. The summed E-state index contributed by atoms with van der Waals surface area (Å²) >= 11 is 1.48. The van der Waals surface area contributed by atoms with E-state index in [-0.39, 0.29) is 28.5 Å². The Morgan fingerprint density at radius 3 is 2.09 bits per heavy atom. The van der Waals surface area contributed by atoms with E-state index in [2.05, 4.69) is 36.2 Å². The van der Waals surface area contributed by atoms with E-state index in [1.807, 2.05) is 50.8 Å². The molecule has 1 N–H and O–H groups in total. The Bertz CT molecular complexity index is 1550. The Balaban J connectivity index is 1.61. The second kappa shape index (κ2) is 16.2. The van der Waals surface area contributed by atoms with Gasteiger partial charge in [-0.15, -0.1) is 11.3 Å². The number of nitrogens with zero attached hydrogens (tertiary/aromatic N) is 3. The minimum atomic E-state index is -3.71. The average molecular weight is 667 g/mol. The highest BCUT2D eigenvalue weighted by atomic mass is 32.2. The van der Waals surface area contributed by atoms with Gasteiger partial charge in [-0.1, -0.05) is 71.9 Å². The van der Waals surface area contributed by atoms with Crippen molar-refractivity contribution in [1.82, 2.24) is 14.1 Å². The van der Waals surface area contributed by atoms with Crippen LogP contribution in [-0.2, 0) is 29.5 Å². The number of sulfonamides is 1. The van der Waals surface area contributed by atoms with Crippen LogP contribution in [0.5, 0.6) is 0 Å². The van der Waals surface area contributed by atoms with Crippen molar-refractivity contribution in [2.24, 2.45) is 11.8 Å². The number of amides is 2. The molecule has 10 heteroatoms. The topological polar surface area (TPSA) is 90.0 Å². The molecule has 1 aliphatic heterocycles. The van der Waals surface area contributed by atoms with Gasteiger partial charge in [-0.2, -0.15) is 4.31 Å². The first-order valence-corrected chi connectivity index (χ1v) is 18.8. The first-order chi connectivity index (χ1) is 21.9. The van der Waals surface area contributed by atoms with Crippen molar-refractivity contribution in [2.45, 2.75) is 78.8 Å². The van der Waals surface area contributed by atoms with Gasteiger partial charge in [0.15, 0.2) is 0 Å². The molecule has 0 saturated heterocycles. The van der Waals surface area contributed by atoms with E-state index >= 15 is 0 Å². The highest BCUT2D eigenvalue weighted by molar-refractivity contribution is 7.89. The molecular formula is C36H50N4O4S2. The van der Waals surface area contributed by atoms with Crippen LogP contribution in [0.15, 0.2) is 59.5 Å². The molecule has 4 rings (SSSR count). The highest BCUT2D eigenvalue weighted by Gasteiger charge is 2.31. The molecular weight excluding hydrogens is 617 g/mol. The van der Waals surface area contributed by atoms with Gasteiger partial charge in [-0.25, -0.2) is 8.42 Å². The lowest BCUT2D eigenvalue weighted by atomic mass is 10.0. The zero-order chi connectivity index (χ0) is 33.4. The minimum absolute atomic E-state index is 0.0372. The minimum Gasteiger partial charge on any atom is -0.339 e. The van der Waals surface area contributed by atoms with E-state index < -0.39 is 10.0 Å². The average Bonchev–Trinajstić information content (AvgIpc) is 3.37. The van der Waals surface area contributed by atoms with Gasteiger partial charge < -0.3 is 10.2 Å². The molecule has 2 aromatic carbocycles. The summed E-state index contributed by atoms with van der Waals surface area (Å²) in [6.45, 7) is 16.7. The number of hydrogen-bond acceptors (Lipinski definition) is 6. The second-order valence-electron chi connectivity index (χ2n) is 13.0. The monoisotopic (exact) mass is 666 g/mol. The smallest absolute Gasteiger partial charge is 0.257 e. The fourth-order valence-corrected chi connectivity index (χ4v) is 8.99. The number of fused-ring (bicyclic) bond motifs is 1. The van der Waals surface area contributed by atoms with Crippen molar-refractivity contribution in [3.8, 4) is 0 Å². The van der Waals surface area contributed by atoms with Crippen LogP contribution in [0.1, 0.15) is 91.1 Å². The van der Waals surface area contributed by atoms with Gasteiger partial charge in [0, 0.05) is 56.3 Å². The number of nitrogens with one attached hydrogen (secondary N) is 1. The Morgan fingerprint density at radius 2 is 1.52 bits per heavy atom. The van der Waals surface area contributed by atoms with Crippen molar-refractivity contribution < 1.29 is 18.0 Å². The molecule has 2 amide bonds. The van der Waals surface area contributed by atoms with Crippen LogP contribution >= 0.6 is 11.3 Å². The number of anilines is 1. The quantitative estimate of drug-likeness (QED) is 0.187. The Labute approximate surface area is 279 Å². The summed E-state index contributed by atoms with van der Waals surface area (Å²) in [6, 6.07) is 16.5. The molecule has 8 nitrogen and oxygen atoms in total. The number of thiophene rings is 1. The SMILES string of the molecule is CCCN(CCC)C(=O)c1c(NC(=O)c2ccc(S(=O)(=O)N(CC(C)C)CC(C)C)cc2)sc2c1CCN(Cc1ccccc1)C2. The lowest BCUT2D eigenvalue weighted by Gasteiger charge is -2.28. The molecule has 3 aromatic rings. The lowest BCUT2D eigenvalue weighted by molar-refractivity contribution is 0.0755. The third-order valence-electron chi connectivity index (χ3n) is 7.99. The maximum Gasteiger partial charge on any atom is 0.257 e. The van der Waals surface area contributed by atoms with Crippen molar-refractivity contribution >= 4 is 38.2 Å². The van der Waals surface area contributed by atoms with Crippen molar-refractivity contribution in [2.75, 3.05) is 38.0 Å². The van der Waals surface area contributed by atoms with E-state index in [4.69, 9.17) is 0 Å². The number of carbonyl (C=O) groups excluding carboxylic acids is 2. The summed E-state index contributed by atoms with van der Waals surface area (Å²) in [7, 11) is -3.71. The van der Waals surface area contributed by atoms with Crippen LogP contribution in [0.2, 0.25) is 0 Å². The fourth-order valence-electron chi connectivity index (χ4n) is 5.95. The Morgan fingerprint density at radius 1 is 0.913 bits per heavy atom. The number of rotatable bonds is 15. The molecule has 2 heterocycles. The standard InChI is InChI=1S/C36H50N4O4S2/c1-7-19-39(20-8-2)36(42)33-31-18-21-38(24-28-12-10-9-11-13-28)25-32(31)45-35(33)37-34(41)29-14-16-30(17-15-29)46(43,44)40(22-26(3)4)23-27(5)6/h9-17,26-27H,7-8,18-25H2,1-6H3,(H,37,41). The predicted molar refractivity (Wildman–Crippen MR) is 188 cm³/mol. The van der Waals surface area contributed by atoms with Gasteiger partial charge in [0.25, 0.3) is 11.8 Å². The van der Waals surface area contributed by atoms with Crippen LogP contribution in [-0.4, -0.2) is 67.1 Å². The molecule has 0 radical (unpaired) electrons. The Kier molecular flexibility index (Phi) is 12.6. The molecule has 0 saturated carbocycles. The molecule has 0 spiro atoms. The van der Waals surface area contributed by atoms with E-state index in [9.17, 15) is 18.0 Å². The number of benzene rings is 2.